The zero-order valence-corrected chi connectivity index (χ0v) is 19.6. The molecule has 0 aliphatic heterocycles. The van der Waals surface area contributed by atoms with Crippen LogP contribution >= 0.6 is 0 Å². The molecule has 0 fully saturated rings. The molecule has 3 aromatic carbocycles. The average molecular weight is 453 g/mol. The minimum atomic E-state index is -0.0592. The zero-order valence-electron chi connectivity index (χ0n) is 19.6. The highest BCUT2D eigenvalue weighted by Gasteiger charge is 2.07. The number of benzene rings is 3. The molecule has 1 heterocycles. The molecular weight excluding hydrogens is 424 g/mol. The van der Waals surface area contributed by atoms with Gasteiger partial charge in [0, 0.05) is 29.2 Å². The van der Waals surface area contributed by atoms with Crippen molar-refractivity contribution in [1.82, 2.24) is 9.55 Å². The molecule has 5 nitrogen and oxygen atoms in total. The van der Waals surface area contributed by atoms with Gasteiger partial charge in [0.25, 0.3) is 0 Å². The molecule has 0 N–H and O–H groups in total. The zero-order chi connectivity index (χ0) is 23.9. The van der Waals surface area contributed by atoms with Crippen LogP contribution in [0.15, 0.2) is 91.5 Å². The van der Waals surface area contributed by atoms with Crippen LogP contribution in [0.5, 0.6) is 11.5 Å². The molecule has 4 rings (SSSR count). The van der Waals surface area contributed by atoms with E-state index in [1.807, 2.05) is 71.4 Å². The van der Waals surface area contributed by atoms with Gasteiger partial charge in [0.05, 0.1) is 13.4 Å². The first-order valence-electron chi connectivity index (χ1n) is 11.2. The van der Waals surface area contributed by atoms with Crippen LogP contribution in [-0.2, 0) is 6.61 Å². The van der Waals surface area contributed by atoms with Gasteiger partial charge in [0.2, 0.25) is 0 Å². The van der Waals surface area contributed by atoms with E-state index in [0.29, 0.717) is 18.1 Å². The summed E-state index contributed by atoms with van der Waals surface area (Å²) in [6, 6.07) is 21.4. The number of rotatable bonds is 9. The Morgan fingerprint density at radius 3 is 2.44 bits per heavy atom. The smallest absolute Gasteiger partial charge is 0.185 e. The highest BCUT2D eigenvalue weighted by Crippen LogP contribution is 2.24. The summed E-state index contributed by atoms with van der Waals surface area (Å²) in [4.78, 5) is 16.7. The van der Waals surface area contributed by atoms with Gasteiger partial charge in [0.15, 0.2) is 5.78 Å². The number of ether oxygens (including phenoxy) is 2. The normalized spacial score (nSPS) is 11.2. The van der Waals surface area contributed by atoms with Crippen LogP contribution in [0.1, 0.15) is 46.8 Å². The van der Waals surface area contributed by atoms with Crippen molar-refractivity contribution >= 4 is 11.9 Å². The maximum absolute atomic E-state index is 12.7. The predicted molar refractivity (Wildman–Crippen MR) is 135 cm³/mol. The molecule has 1 aromatic heterocycles. The summed E-state index contributed by atoms with van der Waals surface area (Å²) >= 11 is 0. The lowest BCUT2D eigenvalue weighted by atomic mass is 10.0. The van der Waals surface area contributed by atoms with Crippen LogP contribution in [0, 0.1) is 0 Å². The number of hydrogen-bond acceptors (Lipinski definition) is 4. The van der Waals surface area contributed by atoms with Crippen LogP contribution in [0.2, 0.25) is 0 Å². The van der Waals surface area contributed by atoms with E-state index in [9.17, 15) is 4.79 Å². The lowest BCUT2D eigenvalue weighted by Gasteiger charge is -2.12. The first-order valence-corrected chi connectivity index (χ1v) is 11.2. The number of imidazole rings is 1. The van der Waals surface area contributed by atoms with Gasteiger partial charge in [-0.25, -0.2) is 4.98 Å². The Morgan fingerprint density at radius 1 is 1.03 bits per heavy atom. The Hall–Kier alpha value is -4.12. The van der Waals surface area contributed by atoms with E-state index >= 15 is 0 Å². The summed E-state index contributed by atoms with van der Waals surface area (Å²) in [6.07, 6.45) is 8.71. The quantitative estimate of drug-likeness (QED) is 0.215. The lowest BCUT2D eigenvalue weighted by Crippen LogP contribution is -2.00. The van der Waals surface area contributed by atoms with E-state index in [4.69, 9.17) is 9.47 Å². The monoisotopic (exact) mass is 452 g/mol. The Bertz CT molecular complexity index is 1260. The molecule has 34 heavy (non-hydrogen) atoms. The van der Waals surface area contributed by atoms with Crippen molar-refractivity contribution in [2.45, 2.75) is 26.4 Å². The van der Waals surface area contributed by atoms with Crippen molar-refractivity contribution in [3.8, 4) is 17.2 Å². The van der Waals surface area contributed by atoms with Gasteiger partial charge < -0.3 is 14.0 Å². The van der Waals surface area contributed by atoms with Crippen molar-refractivity contribution in [2.75, 3.05) is 7.11 Å². The van der Waals surface area contributed by atoms with Crippen LogP contribution < -0.4 is 9.47 Å². The third kappa shape index (κ3) is 5.62. The molecule has 0 aliphatic carbocycles. The van der Waals surface area contributed by atoms with Gasteiger partial charge in [-0.3, -0.25) is 4.79 Å². The fourth-order valence-electron chi connectivity index (χ4n) is 3.60. The molecule has 0 bridgehead atoms. The van der Waals surface area contributed by atoms with E-state index < -0.39 is 0 Å². The second-order valence-corrected chi connectivity index (χ2v) is 8.30. The molecule has 0 amide bonds. The highest BCUT2D eigenvalue weighted by molar-refractivity contribution is 6.06. The van der Waals surface area contributed by atoms with E-state index in [-0.39, 0.29) is 5.78 Å². The lowest BCUT2D eigenvalue weighted by molar-refractivity contribution is 0.104. The SMILES string of the molecule is COc1ccc(/C=C/C(=O)c2ccc(-n3ccnc3)cc2)cc1COc1ccc(C(C)C)cc1. The third-order valence-corrected chi connectivity index (χ3v) is 5.63. The molecule has 0 saturated heterocycles. The molecular formula is C29H28N2O3. The molecule has 0 spiro atoms. The van der Waals surface area contributed by atoms with Gasteiger partial charge in [-0.05, 0) is 71.7 Å². The van der Waals surface area contributed by atoms with E-state index in [0.717, 1.165) is 28.3 Å². The maximum atomic E-state index is 12.7. The molecule has 5 heteroatoms. The van der Waals surface area contributed by atoms with Gasteiger partial charge in [-0.15, -0.1) is 0 Å². The largest absolute Gasteiger partial charge is 0.496 e. The number of ketones is 1. The predicted octanol–water partition coefficient (Wildman–Crippen LogP) is 6.48. The van der Waals surface area contributed by atoms with Gasteiger partial charge >= 0.3 is 0 Å². The van der Waals surface area contributed by atoms with Crippen molar-refractivity contribution in [3.05, 3.63) is 114 Å². The second-order valence-electron chi connectivity index (χ2n) is 8.30. The van der Waals surface area contributed by atoms with Crippen molar-refractivity contribution < 1.29 is 14.3 Å². The van der Waals surface area contributed by atoms with Crippen molar-refractivity contribution in [2.24, 2.45) is 0 Å². The molecule has 0 radical (unpaired) electrons. The minimum absolute atomic E-state index is 0.0592. The standard InChI is InChI=1S/C29H28N2O3/c1-21(2)23-8-12-27(13-9-23)34-19-25-18-22(5-15-29(25)33-3)4-14-28(32)24-6-10-26(11-7-24)31-17-16-30-20-31/h4-18,20-21H,19H2,1-3H3/b14-4+. The average Bonchev–Trinajstić information content (AvgIpc) is 3.41. The number of nitrogens with zero attached hydrogens (tertiary/aromatic N) is 2. The highest BCUT2D eigenvalue weighted by atomic mass is 16.5. The summed E-state index contributed by atoms with van der Waals surface area (Å²) < 4.78 is 13.4. The number of carbonyl (C=O) groups is 1. The van der Waals surface area contributed by atoms with Crippen LogP contribution in [0.4, 0.5) is 0 Å². The molecule has 0 saturated carbocycles. The van der Waals surface area contributed by atoms with Crippen LogP contribution in [-0.4, -0.2) is 22.4 Å². The maximum Gasteiger partial charge on any atom is 0.185 e. The van der Waals surface area contributed by atoms with Gasteiger partial charge in [-0.1, -0.05) is 38.1 Å². The summed E-state index contributed by atoms with van der Waals surface area (Å²) in [6.45, 7) is 4.71. The summed E-state index contributed by atoms with van der Waals surface area (Å²) in [5.74, 6) is 1.98. The fraction of sp³-hybridized carbons (Fsp3) is 0.172. The van der Waals surface area contributed by atoms with Gasteiger partial charge in [-0.2, -0.15) is 0 Å². The van der Waals surface area contributed by atoms with E-state index in [2.05, 4.69) is 31.0 Å². The van der Waals surface area contributed by atoms with E-state index in [1.165, 1.54) is 5.56 Å². The molecule has 0 unspecified atom stereocenters. The number of allylic oxidation sites excluding steroid dienone is 1. The fourth-order valence-corrected chi connectivity index (χ4v) is 3.60. The first kappa shape index (κ1) is 23.1. The Labute approximate surface area is 200 Å². The van der Waals surface area contributed by atoms with Crippen molar-refractivity contribution in [3.63, 3.8) is 0 Å². The van der Waals surface area contributed by atoms with E-state index in [1.54, 1.807) is 25.7 Å². The minimum Gasteiger partial charge on any atom is -0.496 e. The Kier molecular flexibility index (Phi) is 7.23. The number of aromatic nitrogens is 2. The molecule has 4 aromatic rings. The third-order valence-electron chi connectivity index (χ3n) is 5.63. The van der Waals surface area contributed by atoms with Gasteiger partial charge in [0.1, 0.15) is 18.1 Å². The second kappa shape index (κ2) is 10.7. The number of carbonyl (C=O) groups excluding carboxylic acids is 1. The number of hydrogen-bond donors (Lipinski definition) is 0. The Morgan fingerprint density at radius 2 is 1.79 bits per heavy atom. The molecule has 172 valence electrons. The first-order chi connectivity index (χ1) is 16.5. The summed E-state index contributed by atoms with van der Waals surface area (Å²) in [5, 5.41) is 0. The summed E-state index contributed by atoms with van der Waals surface area (Å²) in [7, 11) is 1.64. The molecule has 0 atom stereocenters. The number of methoxy groups -OCH3 is 1. The topological polar surface area (TPSA) is 53.4 Å². The van der Waals surface area contributed by atoms with Crippen LogP contribution in [0.25, 0.3) is 11.8 Å². The van der Waals surface area contributed by atoms with Crippen molar-refractivity contribution in [1.29, 1.82) is 0 Å². The van der Waals surface area contributed by atoms with Crippen LogP contribution in [0.3, 0.4) is 0 Å². The molecule has 0 aliphatic rings. The Balaban J connectivity index is 1.43. The summed E-state index contributed by atoms with van der Waals surface area (Å²) in [5.41, 5.74) is 4.67.